The van der Waals surface area contributed by atoms with Gasteiger partial charge in [0.25, 0.3) is 11.2 Å². The Morgan fingerprint density at radius 2 is 2.20 bits per heavy atom. The molecule has 3 aromatic rings. The summed E-state index contributed by atoms with van der Waals surface area (Å²) in [6.45, 7) is 1.44. The lowest BCUT2D eigenvalue weighted by molar-refractivity contribution is -0.385. The quantitative estimate of drug-likeness (QED) is 0.387. The van der Waals surface area contributed by atoms with Gasteiger partial charge in [-0.1, -0.05) is 22.9 Å². The summed E-state index contributed by atoms with van der Waals surface area (Å²) < 4.78 is 6.17. The van der Waals surface area contributed by atoms with E-state index in [1.165, 1.54) is 18.2 Å². The number of halogens is 1. The van der Waals surface area contributed by atoms with Gasteiger partial charge in [0.15, 0.2) is 5.01 Å². The van der Waals surface area contributed by atoms with Crippen LogP contribution in [0.5, 0.6) is 0 Å². The predicted octanol–water partition coefficient (Wildman–Crippen LogP) is 2.38. The number of nitro groups is 1. The smallest absolute Gasteiger partial charge is 0.345 e. The van der Waals surface area contributed by atoms with Gasteiger partial charge in [-0.15, -0.1) is 0 Å². The van der Waals surface area contributed by atoms with Crippen LogP contribution in [-0.2, 0) is 11.3 Å². The van der Waals surface area contributed by atoms with Gasteiger partial charge in [0.1, 0.15) is 12.2 Å². The Morgan fingerprint density at radius 3 is 2.92 bits per heavy atom. The zero-order valence-electron chi connectivity index (χ0n) is 12.6. The van der Waals surface area contributed by atoms with Gasteiger partial charge in [0.05, 0.1) is 4.92 Å². The van der Waals surface area contributed by atoms with Crippen LogP contribution in [0, 0.1) is 17.0 Å². The van der Waals surface area contributed by atoms with Crippen LogP contribution in [-0.4, -0.2) is 25.5 Å². The van der Waals surface area contributed by atoms with Gasteiger partial charge in [0, 0.05) is 22.8 Å². The van der Waals surface area contributed by atoms with Gasteiger partial charge in [-0.25, -0.2) is 9.78 Å². The van der Waals surface area contributed by atoms with Crippen LogP contribution in [0.25, 0.3) is 4.96 Å². The summed E-state index contributed by atoms with van der Waals surface area (Å²) in [5.41, 5.74) is -0.462. The first-order valence-electron chi connectivity index (χ1n) is 6.82. The minimum Gasteiger partial charge on any atom is -0.454 e. The number of carbonyl (C=O) groups excluding carboxylic acids is 1. The number of esters is 1. The number of carbonyl (C=O) groups is 1. The summed E-state index contributed by atoms with van der Waals surface area (Å²) in [5, 5.41) is 15.5. The van der Waals surface area contributed by atoms with Crippen molar-refractivity contribution in [3.05, 3.63) is 66.0 Å². The Morgan fingerprint density at radius 1 is 1.44 bits per heavy atom. The topological polar surface area (TPSA) is 117 Å². The fourth-order valence-electron chi connectivity index (χ4n) is 2.05. The Kier molecular flexibility index (Phi) is 4.47. The Balaban J connectivity index is 1.82. The zero-order chi connectivity index (χ0) is 18.1. The minimum absolute atomic E-state index is 0.134. The van der Waals surface area contributed by atoms with E-state index >= 15 is 0 Å². The molecule has 0 saturated carbocycles. The third-order valence-electron chi connectivity index (χ3n) is 3.12. The van der Waals surface area contributed by atoms with E-state index in [1.54, 1.807) is 6.92 Å². The van der Waals surface area contributed by atoms with Crippen LogP contribution < -0.4 is 5.56 Å². The molecule has 2 aromatic heterocycles. The first kappa shape index (κ1) is 17.0. The lowest BCUT2D eigenvalue weighted by atomic mass is 10.2. The van der Waals surface area contributed by atoms with Crippen LogP contribution >= 0.6 is 22.9 Å². The molecule has 128 valence electrons. The molecule has 0 aliphatic rings. The number of fused-ring (bicyclic) bond motifs is 1. The molecule has 0 amide bonds. The third-order valence-corrected chi connectivity index (χ3v) is 4.24. The minimum atomic E-state index is -0.890. The van der Waals surface area contributed by atoms with Crippen molar-refractivity contribution in [2.24, 2.45) is 0 Å². The summed E-state index contributed by atoms with van der Waals surface area (Å²) in [7, 11) is 0. The lowest BCUT2D eigenvalue weighted by Crippen LogP contribution is -2.14. The van der Waals surface area contributed by atoms with E-state index in [9.17, 15) is 19.7 Å². The second-order valence-electron chi connectivity index (χ2n) is 4.92. The normalized spacial score (nSPS) is 10.8. The van der Waals surface area contributed by atoms with Crippen molar-refractivity contribution in [1.29, 1.82) is 0 Å². The first-order chi connectivity index (χ1) is 11.8. The van der Waals surface area contributed by atoms with Crippen molar-refractivity contribution in [1.82, 2.24) is 14.6 Å². The molecule has 0 spiro atoms. The van der Waals surface area contributed by atoms with Crippen molar-refractivity contribution in [2.75, 3.05) is 0 Å². The molecule has 25 heavy (non-hydrogen) atoms. The van der Waals surface area contributed by atoms with Gasteiger partial charge < -0.3 is 4.74 Å². The number of hydrogen-bond donors (Lipinski definition) is 0. The van der Waals surface area contributed by atoms with Crippen LogP contribution in [0.3, 0.4) is 0 Å². The zero-order valence-corrected chi connectivity index (χ0v) is 14.2. The molecule has 11 heteroatoms. The average molecular weight is 381 g/mol. The molecule has 0 radical (unpaired) electrons. The van der Waals surface area contributed by atoms with Crippen molar-refractivity contribution in [2.45, 2.75) is 13.5 Å². The second kappa shape index (κ2) is 6.57. The summed E-state index contributed by atoms with van der Waals surface area (Å²) in [5.74, 6) is -0.890. The lowest BCUT2D eigenvalue weighted by Gasteiger charge is -2.03. The molecule has 2 heterocycles. The Labute approximate surface area is 148 Å². The van der Waals surface area contributed by atoms with Gasteiger partial charge in [0.2, 0.25) is 4.96 Å². The van der Waals surface area contributed by atoms with Crippen LogP contribution in [0.15, 0.2) is 29.1 Å². The number of hydrogen-bond acceptors (Lipinski definition) is 8. The number of benzene rings is 1. The Hall–Kier alpha value is -2.85. The largest absolute Gasteiger partial charge is 0.454 e. The number of ether oxygens (including phenoxy) is 1. The average Bonchev–Trinajstić information content (AvgIpc) is 2.95. The third kappa shape index (κ3) is 3.49. The van der Waals surface area contributed by atoms with Crippen LogP contribution in [0.1, 0.15) is 21.1 Å². The van der Waals surface area contributed by atoms with Gasteiger partial charge in [-0.2, -0.15) is 9.61 Å². The van der Waals surface area contributed by atoms with E-state index in [4.69, 9.17) is 16.3 Å². The molecule has 0 N–H and O–H groups in total. The summed E-state index contributed by atoms with van der Waals surface area (Å²) in [6.07, 6.45) is 0. The van der Waals surface area contributed by atoms with Crippen LogP contribution in [0.2, 0.25) is 5.02 Å². The van der Waals surface area contributed by atoms with Gasteiger partial charge in [-0.05, 0) is 19.1 Å². The fourth-order valence-corrected chi connectivity index (χ4v) is 3.08. The molecule has 0 atom stereocenters. The van der Waals surface area contributed by atoms with Gasteiger partial charge >= 0.3 is 5.97 Å². The molecule has 1 aromatic carbocycles. The number of aromatic nitrogens is 3. The van der Waals surface area contributed by atoms with E-state index in [0.717, 1.165) is 21.9 Å². The van der Waals surface area contributed by atoms with E-state index in [2.05, 4.69) is 10.1 Å². The molecule has 0 bridgehead atoms. The van der Waals surface area contributed by atoms with Crippen molar-refractivity contribution >= 4 is 39.6 Å². The number of rotatable bonds is 4. The molecule has 0 saturated heterocycles. The number of aryl methyl sites for hydroxylation is 1. The fraction of sp³-hybridized carbons (Fsp3) is 0.143. The monoisotopic (exact) mass is 380 g/mol. The van der Waals surface area contributed by atoms with Crippen LogP contribution in [0.4, 0.5) is 5.69 Å². The molecule has 0 unspecified atom stereocenters. The summed E-state index contributed by atoms with van der Waals surface area (Å²) >= 11 is 6.79. The molecule has 0 fully saturated rings. The standard InChI is InChI=1S/C14H9ClN4O5S/c1-7-4-12(20)18-14(16-7)25-11(17-18)6-24-13(21)9-3-2-8(15)5-10(9)19(22)23/h2-5H,6H2,1H3. The highest BCUT2D eigenvalue weighted by atomic mass is 35.5. The first-order valence-corrected chi connectivity index (χ1v) is 8.02. The highest BCUT2D eigenvalue weighted by Gasteiger charge is 2.22. The molecule has 0 aliphatic carbocycles. The maximum absolute atomic E-state index is 12.1. The van der Waals surface area contributed by atoms with E-state index in [-0.39, 0.29) is 22.8 Å². The van der Waals surface area contributed by atoms with Crippen molar-refractivity contribution in [3.63, 3.8) is 0 Å². The second-order valence-corrected chi connectivity index (χ2v) is 6.40. The molecule has 9 nitrogen and oxygen atoms in total. The highest BCUT2D eigenvalue weighted by molar-refractivity contribution is 7.16. The van der Waals surface area contributed by atoms with E-state index < -0.39 is 16.6 Å². The summed E-state index contributed by atoms with van der Waals surface area (Å²) in [4.78, 5) is 38.7. The van der Waals surface area contributed by atoms with Crippen molar-refractivity contribution < 1.29 is 14.5 Å². The Bertz CT molecular complexity index is 1060. The van der Waals surface area contributed by atoms with Gasteiger partial charge in [-0.3, -0.25) is 14.9 Å². The maximum atomic E-state index is 12.1. The molecule has 0 aliphatic heterocycles. The molecular weight excluding hydrogens is 372 g/mol. The molecule has 3 rings (SSSR count). The predicted molar refractivity (Wildman–Crippen MR) is 89.1 cm³/mol. The number of nitro benzene ring substituents is 1. The molecular formula is C14H9ClN4O5S. The van der Waals surface area contributed by atoms with Crippen molar-refractivity contribution in [3.8, 4) is 0 Å². The highest BCUT2D eigenvalue weighted by Crippen LogP contribution is 2.24. The van der Waals surface area contributed by atoms with E-state index in [1.807, 2.05) is 0 Å². The SMILES string of the molecule is Cc1cc(=O)n2nc(COC(=O)c3ccc(Cl)cc3[N+](=O)[O-])sc2n1. The number of nitrogens with zero attached hydrogens (tertiary/aromatic N) is 4. The van der Waals surface area contributed by atoms with E-state index in [0.29, 0.717) is 15.7 Å². The maximum Gasteiger partial charge on any atom is 0.345 e. The summed E-state index contributed by atoms with van der Waals surface area (Å²) in [6, 6.07) is 4.98.